The van der Waals surface area contributed by atoms with E-state index in [-0.39, 0.29) is 0 Å². The highest BCUT2D eigenvalue weighted by molar-refractivity contribution is 6.32. The number of hydrogen-bond acceptors (Lipinski definition) is 3. The fourth-order valence-corrected chi connectivity index (χ4v) is 2.42. The zero-order valence-electron chi connectivity index (χ0n) is 9.55. The second-order valence-electron chi connectivity index (χ2n) is 3.88. The molecule has 1 aliphatic heterocycles. The molecular weight excluding hydrogens is 226 g/mol. The van der Waals surface area contributed by atoms with Crippen LogP contribution >= 0.6 is 11.6 Å². The third-order valence-corrected chi connectivity index (χ3v) is 3.20. The van der Waals surface area contributed by atoms with Gasteiger partial charge in [0.1, 0.15) is 11.5 Å². The van der Waals surface area contributed by atoms with Crippen LogP contribution in [-0.2, 0) is 0 Å². The topological polar surface area (TPSA) is 30.5 Å². The van der Waals surface area contributed by atoms with Crippen LogP contribution in [0.5, 0.6) is 11.5 Å². The van der Waals surface area contributed by atoms with Gasteiger partial charge in [0.2, 0.25) is 0 Å². The number of nitrogens with one attached hydrogen (secondary N) is 1. The molecule has 1 aliphatic rings. The van der Waals surface area contributed by atoms with Gasteiger partial charge in [0.05, 0.1) is 19.2 Å². The Hall–Kier alpha value is -0.930. The van der Waals surface area contributed by atoms with Crippen LogP contribution in [0.25, 0.3) is 0 Å². The van der Waals surface area contributed by atoms with Gasteiger partial charge in [-0.3, -0.25) is 0 Å². The molecule has 0 aliphatic carbocycles. The van der Waals surface area contributed by atoms with E-state index in [9.17, 15) is 0 Å². The van der Waals surface area contributed by atoms with E-state index >= 15 is 0 Å². The largest absolute Gasteiger partial charge is 0.497 e. The summed E-state index contributed by atoms with van der Waals surface area (Å²) in [5.74, 6) is 1.52. The highest BCUT2D eigenvalue weighted by atomic mass is 35.5. The predicted molar refractivity (Wildman–Crippen MR) is 64.5 cm³/mol. The third-order valence-electron chi connectivity index (χ3n) is 2.92. The van der Waals surface area contributed by atoms with Crippen molar-refractivity contribution in [3.05, 3.63) is 22.7 Å². The quantitative estimate of drug-likeness (QED) is 0.883. The molecule has 88 valence electrons. The molecule has 4 heteroatoms. The standard InChI is InChI=1S/C12H16ClNO2/c1-15-8-6-9(11-4-3-5-14-11)12(16-2)10(13)7-8/h6-7,11,14H,3-5H2,1-2H3. The third kappa shape index (κ3) is 2.11. The summed E-state index contributed by atoms with van der Waals surface area (Å²) < 4.78 is 10.6. The summed E-state index contributed by atoms with van der Waals surface area (Å²) in [5.41, 5.74) is 1.09. The summed E-state index contributed by atoms with van der Waals surface area (Å²) >= 11 is 6.16. The molecule has 0 amide bonds. The average Bonchev–Trinajstić information content (AvgIpc) is 2.81. The smallest absolute Gasteiger partial charge is 0.142 e. The summed E-state index contributed by atoms with van der Waals surface area (Å²) in [6, 6.07) is 4.09. The highest BCUT2D eigenvalue weighted by Gasteiger charge is 2.22. The van der Waals surface area contributed by atoms with Crippen LogP contribution < -0.4 is 14.8 Å². The Morgan fingerprint density at radius 1 is 1.31 bits per heavy atom. The van der Waals surface area contributed by atoms with Gasteiger partial charge in [-0.25, -0.2) is 0 Å². The molecule has 16 heavy (non-hydrogen) atoms. The second-order valence-corrected chi connectivity index (χ2v) is 4.29. The van der Waals surface area contributed by atoms with Gasteiger partial charge in [0.25, 0.3) is 0 Å². The molecule has 0 saturated carbocycles. The van der Waals surface area contributed by atoms with Gasteiger partial charge < -0.3 is 14.8 Å². The number of ether oxygens (including phenoxy) is 2. The lowest BCUT2D eigenvalue weighted by Gasteiger charge is -2.17. The zero-order valence-corrected chi connectivity index (χ0v) is 10.3. The van der Waals surface area contributed by atoms with Crippen molar-refractivity contribution in [2.24, 2.45) is 0 Å². The number of methoxy groups -OCH3 is 2. The van der Waals surface area contributed by atoms with Crippen LogP contribution in [0.3, 0.4) is 0 Å². The van der Waals surface area contributed by atoms with Gasteiger partial charge in [-0.05, 0) is 25.5 Å². The van der Waals surface area contributed by atoms with E-state index in [1.807, 2.05) is 6.07 Å². The average molecular weight is 242 g/mol. The van der Waals surface area contributed by atoms with Crippen LogP contribution in [0.15, 0.2) is 12.1 Å². The lowest BCUT2D eigenvalue weighted by Crippen LogP contribution is -2.14. The zero-order chi connectivity index (χ0) is 11.5. The predicted octanol–water partition coefficient (Wildman–Crippen LogP) is 2.78. The van der Waals surface area contributed by atoms with Crippen LogP contribution in [0, 0.1) is 0 Å². The first-order valence-electron chi connectivity index (χ1n) is 5.41. The summed E-state index contributed by atoms with van der Waals surface area (Å²) in [4.78, 5) is 0. The summed E-state index contributed by atoms with van der Waals surface area (Å²) in [5, 5.41) is 4.03. The minimum atomic E-state index is 0.322. The van der Waals surface area contributed by atoms with Gasteiger partial charge in [-0.15, -0.1) is 0 Å². The Balaban J connectivity index is 2.42. The summed E-state index contributed by atoms with van der Waals surface area (Å²) in [6.07, 6.45) is 2.29. The van der Waals surface area contributed by atoms with Gasteiger partial charge in [0.15, 0.2) is 0 Å². The number of rotatable bonds is 3. The molecular formula is C12H16ClNO2. The monoisotopic (exact) mass is 241 g/mol. The first kappa shape index (κ1) is 11.6. The molecule has 3 nitrogen and oxygen atoms in total. The molecule has 0 bridgehead atoms. The fourth-order valence-electron chi connectivity index (χ4n) is 2.13. The van der Waals surface area contributed by atoms with E-state index in [1.54, 1.807) is 20.3 Å². The SMILES string of the molecule is COc1cc(Cl)c(OC)c(C2CCCN2)c1. The first-order valence-corrected chi connectivity index (χ1v) is 5.79. The van der Waals surface area contributed by atoms with Crippen molar-refractivity contribution in [1.29, 1.82) is 0 Å². The molecule has 1 heterocycles. The molecule has 0 radical (unpaired) electrons. The van der Waals surface area contributed by atoms with Crippen molar-refractivity contribution in [2.75, 3.05) is 20.8 Å². The van der Waals surface area contributed by atoms with E-state index < -0.39 is 0 Å². The maximum atomic E-state index is 6.16. The van der Waals surface area contributed by atoms with Gasteiger partial charge in [-0.1, -0.05) is 11.6 Å². The minimum absolute atomic E-state index is 0.322. The van der Waals surface area contributed by atoms with E-state index in [4.69, 9.17) is 21.1 Å². The van der Waals surface area contributed by atoms with Crippen molar-refractivity contribution in [3.8, 4) is 11.5 Å². The van der Waals surface area contributed by atoms with E-state index in [0.29, 0.717) is 11.1 Å². The molecule has 1 aromatic rings. The highest BCUT2D eigenvalue weighted by Crippen LogP contribution is 2.39. The molecule has 1 aromatic carbocycles. The Morgan fingerprint density at radius 3 is 2.69 bits per heavy atom. The summed E-state index contributed by atoms with van der Waals surface area (Å²) in [7, 11) is 3.29. The van der Waals surface area contributed by atoms with Crippen molar-refractivity contribution in [1.82, 2.24) is 5.32 Å². The van der Waals surface area contributed by atoms with E-state index in [2.05, 4.69) is 5.32 Å². The molecule has 1 atom stereocenters. The lowest BCUT2D eigenvalue weighted by atomic mass is 10.0. The molecule has 1 unspecified atom stereocenters. The van der Waals surface area contributed by atoms with Crippen LogP contribution in [0.4, 0.5) is 0 Å². The molecule has 0 aromatic heterocycles. The molecule has 0 spiro atoms. The van der Waals surface area contributed by atoms with Crippen LogP contribution in [0.1, 0.15) is 24.4 Å². The minimum Gasteiger partial charge on any atom is -0.497 e. The maximum absolute atomic E-state index is 6.16. The first-order chi connectivity index (χ1) is 7.76. The second kappa shape index (κ2) is 4.93. The van der Waals surface area contributed by atoms with Crippen molar-refractivity contribution >= 4 is 11.6 Å². The number of halogens is 1. The fraction of sp³-hybridized carbons (Fsp3) is 0.500. The number of hydrogen-bond donors (Lipinski definition) is 1. The van der Waals surface area contributed by atoms with Crippen LogP contribution in [0.2, 0.25) is 5.02 Å². The molecule has 1 saturated heterocycles. The normalized spacial score (nSPS) is 19.8. The van der Waals surface area contributed by atoms with Crippen molar-refractivity contribution < 1.29 is 9.47 Å². The Kier molecular flexibility index (Phi) is 3.56. The van der Waals surface area contributed by atoms with Crippen molar-refractivity contribution in [2.45, 2.75) is 18.9 Å². The molecule has 1 N–H and O–H groups in total. The molecule has 2 rings (SSSR count). The van der Waals surface area contributed by atoms with E-state index in [0.717, 1.165) is 30.0 Å². The van der Waals surface area contributed by atoms with Crippen molar-refractivity contribution in [3.63, 3.8) is 0 Å². The maximum Gasteiger partial charge on any atom is 0.142 e. The Bertz CT molecular complexity index is 376. The Morgan fingerprint density at radius 2 is 2.12 bits per heavy atom. The molecule has 1 fully saturated rings. The number of benzene rings is 1. The lowest BCUT2D eigenvalue weighted by molar-refractivity contribution is 0.393. The van der Waals surface area contributed by atoms with E-state index in [1.165, 1.54) is 6.42 Å². The van der Waals surface area contributed by atoms with Crippen LogP contribution in [-0.4, -0.2) is 20.8 Å². The Labute approximate surface area is 101 Å². The summed E-state index contributed by atoms with van der Waals surface area (Å²) in [6.45, 7) is 1.04. The van der Waals surface area contributed by atoms with Gasteiger partial charge in [0, 0.05) is 17.7 Å². The van der Waals surface area contributed by atoms with Gasteiger partial charge in [-0.2, -0.15) is 0 Å². The van der Waals surface area contributed by atoms with Gasteiger partial charge >= 0.3 is 0 Å².